The van der Waals surface area contributed by atoms with Gasteiger partial charge in [0.25, 0.3) is 0 Å². The Morgan fingerprint density at radius 3 is 2.44 bits per heavy atom. The molecule has 3 N–H and O–H groups in total. The van der Waals surface area contributed by atoms with E-state index in [2.05, 4.69) is 41.2 Å². The molecule has 2 aliphatic heterocycles. The second-order valence-corrected chi connectivity index (χ2v) is 15.1. The molecule has 0 saturated carbocycles. The second kappa shape index (κ2) is 15.1. The van der Waals surface area contributed by atoms with Gasteiger partial charge in [-0.3, -0.25) is 14.5 Å². The number of carboxylic acid groups (broad SMARTS) is 1. The van der Waals surface area contributed by atoms with Gasteiger partial charge in [-0.2, -0.15) is 0 Å². The lowest BCUT2D eigenvalue weighted by molar-refractivity contribution is -0.148. The molecule has 52 heavy (non-hydrogen) atoms. The normalized spacial score (nSPS) is 22.0. The fourth-order valence-electron chi connectivity index (χ4n) is 8.39. The SMILES string of the molecule is C=C(/C=C(/OC)C1=C(C)CCC1N1CC(C(=O)O)C1)c1cccc(-c2cccc(-c3cc4c(c(OC)c3)C(NC[C@@H]3CCC(=O)N3)CC4)c2Cl)c1Cl. The number of methoxy groups -OCH3 is 2. The van der Waals surface area contributed by atoms with Gasteiger partial charge in [0.1, 0.15) is 11.5 Å². The second-order valence-electron chi connectivity index (χ2n) is 14.4. The smallest absolute Gasteiger partial charge is 0.309 e. The van der Waals surface area contributed by atoms with E-state index in [1.807, 2.05) is 42.5 Å². The average Bonchev–Trinajstić information content (AvgIpc) is 3.83. The number of benzene rings is 3. The number of hydrogen-bond donors (Lipinski definition) is 3. The molecule has 4 aliphatic rings. The van der Waals surface area contributed by atoms with Gasteiger partial charge in [0.2, 0.25) is 5.91 Å². The Hall–Kier alpha value is -4.08. The molecule has 0 spiro atoms. The molecule has 0 aromatic heterocycles. The van der Waals surface area contributed by atoms with Crippen LogP contribution in [0.3, 0.4) is 0 Å². The van der Waals surface area contributed by atoms with Crippen molar-refractivity contribution in [2.24, 2.45) is 5.92 Å². The van der Waals surface area contributed by atoms with Crippen molar-refractivity contribution in [1.82, 2.24) is 15.5 Å². The number of halogens is 2. The monoisotopic (exact) mass is 741 g/mol. The number of nitrogens with zero attached hydrogens (tertiary/aromatic N) is 1. The summed E-state index contributed by atoms with van der Waals surface area (Å²) in [6, 6.07) is 16.6. The van der Waals surface area contributed by atoms with Gasteiger partial charge in [-0.25, -0.2) is 0 Å². The van der Waals surface area contributed by atoms with E-state index < -0.39 is 5.97 Å². The zero-order valence-corrected chi connectivity index (χ0v) is 31.4. The van der Waals surface area contributed by atoms with E-state index in [1.54, 1.807) is 14.2 Å². The number of fused-ring (bicyclic) bond motifs is 1. The number of amides is 1. The largest absolute Gasteiger partial charge is 0.496 e. The Labute approximate surface area is 315 Å². The van der Waals surface area contributed by atoms with Gasteiger partial charge in [0.05, 0.1) is 30.2 Å². The van der Waals surface area contributed by atoms with Crippen LogP contribution in [-0.4, -0.2) is 67.8 Å². The van der Waals surface area contributed by atoms with Crippen LogP contribution in [0.4, 0.5) is 0 Å². The van der Waals surface area contributed by atoms with Crippen molar-refractivity contribution in [1.29, 1.82) is 0 Å². The predicted octanol–water partition coefficient (Wildman–Crippen LogP) is 8.23. The molecule has 3 aromatic rings. The molecule has 2 saturated heterocycles. The number of aryl methyl sites for hydroxylation is 1. The lowest BCUT2D eigenvalue weighted by atomic mass is 9.92. The van der Waals surface area contributed by atoms with Crippen LogP contribution in [0.15, 0.2) is 78.1 Å². The van der Waals surface area contributed by atoms with E-state index in [0.717, 1.165) is 83.5 Å². The van der Waals surface area contributed by atoms with Gasteiger partial charge in [-0.15, -0.1) is 0 Å². The summed E-state index contributed by atoms with van der Waals surface area (Å²) < 4.78 is 11.9. The van der Waals surface area contributed by atoms with Crippen LogP contribution in [0.2, 0.25) is 10.0 Å². The third-order valence-electron chi connectivity index (χ3n) is 11.2. The molecule has 2 unspecified atom stereocenters. The third kappa shape index (κ3) is 6.90. The Bertz CT molecular complexity index is 2000. The number of rotatable bonds is 12. The molecule has 2 fully saturated rings. The highest BCUT2D eigenvalue weighted by atomic mass is 35.5. The van der Waals surface area contributed by atoms with Gasteiger partial charge in [0, 0.05) is 77.6 Å². The van der Waals surface area contributed by atoms with Crippen molar-refractivity contribution < 1.29 is 24.2 Å². The Balaban J connectivity index is 1.15. The highest BCUT2D eigenvalue weighted by Crippen LogP contribution is 2.46. The summed E-state index contributed by atoms with van der Waals surface area (Å²) in [7, 11) is 3.37. The van der Waals surface area contributed by atoms with Crippen LogP contribution in [0.5, 0.6) is 5.75 Å². The molecule has 2 aliphatic carbocycles. The molecule has 0 bridgehead atoms. The lowest BCUT2D eigenvalue weighted by Crippen LogP contribution is -2.54. The number of likely N-dealkylation sites (tertiary alicyclic amines) is 1. The number of carbonyl (C=O) groups is 2. The standard InChI is InChI=1S/C42H45Cl2N3O5/c1-23-11-15-34(47-21-27(22-47)42(49)50)38(23)35(51-3)17-24(2)29-7-5-9-31(40(29)43)32-10-6-8-30(41(32)44)26-18-25-12-14-33(39(25)36(19-26)52-4)45-20-28-13-16-37(48)46-28/h5-10,17-19,27-28,33-34,45H,2,11-16,20-22H2,1,3-4H3,(H,46,48)(H,49,50)/b35-17+/t28-,33?,34?/m0/s1. The van der Waals surface area contributed by atoms with Crippen molar-refractivity contribution in [2.45, 2.75) is 63.6 Å². The first-order chi connectivity index (χ1) is 25.1. The first-order valence-corrected chi connectivity index (χ1v) is 18.8. The Morgan fingerprint density at radius 1 is 1.02 bits per heavy atom. The molecule has 3 aromatic carbocycles. The Kier molecular flexibility index (Phi) is 10.5. The van der Waals surface area contributed by atoms with E-state index >= 15 is 0 Å². The first-order valence-electron chi connectivity index (χ1n) is 18.0. The highest BCUT2D eigenvalue weighted by molar-refractivity contribution is 6.39. The maximum Gasteiger partial charge on any atom is 0.309 e. The average molecular weight is 743 g/mol. The number of hydrogen-bond acceptors (Lipinski definition) is 6. The molecular formula is C42H45Cl2N3O5. The van der Waals surface area contributed by atoms with Crippen molar-refractivity contribution in [3.63, 3.8) is 0 Å². The van der Waals surface area contributed by atoms with Gasteiger partial charge < -0.3 is 25.2 Å². The summed E-state index contributed by atoms with van der Waals surface area (Å²) in [6.07, 6.45) is 7.12. The van der Waals surface area contributed by atoms with Crippen LogP contribution in [0.25, 0.3) is 27.8 Å². The number of allylic oxidation sites excluding steroid dienone is 3. The Morgan fingerprint density at radius 2 is 1.75 bits per heavy atom. The zero-order chi connectivity index (χ0) is 36.7. The van der Waals surface area contributed by atoms with Gasteiger partial charge >= 0.3 is 5.97 Å². The van der Waals surface area contributed by atoms with Gasteiger partial charge in [-0.1, -0.05) is 77.8 Å². The van der Waals surface area contributed by atoms with Crippen LogP contribution in [0.1, 0.15) is 61.8 Å². The summed E-state index contributed by atoms with van der Waals surface area (Å²) in [5.74, 6) is 0.602. The van der Waals surface area contributed by atoms with Crippen molar-refractivity contribution in [3.05, 3.63) is 105 Å². The zero-order valence-electron chi connectivity index (χ0n) is 29.9. The summed E-state index contributed by atoms with van der Waals surface area (Å²) in [5, 5.41) is 17.3. The van der Waals surface area contributed by atoms with Crippen LogP contribution < -0.4 is 15.4 Å². The lowest BCUT2D eigenvalue weighted by Gasteiger charge is -2.42. The summed E-state index contributed by atoms with van der Waals surface area (Å²) in [5.41, 5.74) is 9.69. The highest BCUT2D eigenvalue weighted by Gasteiger charge is 2.41. The van der Waals surface area contributed by atoms with E-state index in [1.165, 1.54) is 16.7 Å². The van der Waals surface area contributed by atoms with Gasteiger partial charge in [0.15, 0.2) is 0 Å². The molecule has 272 valence electrons. The van der Waals surface area contributed by atoms with Crippen LogP contribution in [-0.2, 0) is 20.7 Å². The van der Waals surface area contributed by atoms with Crippen LogP contribution in [0, 0.1) is 5.92 Å². The van der Waals surface area contributed by atoms with E-state index in [-0.39, 0.29) is 30.0 Å². The molecule has 3 atom stereocenters. The minimum atomic E-state index is -0.741. The van der Waals surface area contributed by atoms with Crippen LogP contribution >= 0.6 is 23.2 Å². The quantitative estimate of drug-likeness (QED) is 0.127. The van der Waals surface area contributed by atoms with E-state index in [9.17, 15) is 14.7 Å². The summed E-state index contributed by atoms with van der Waals surface area (Å²) in [4.78, 5) is 25.4. The molecular weight excluding hydrogens is 697 g/mol. The molecule has 10 heteroatoms. The number of nitrogens with one attached hydrogen (secondary N) is 2. The maximum atomic E-state index is 11.7. The number of ether oxygens (including phenoxy) is 2. The maximum absolute atomic E-state index is 11.7. The fourth-order valence-corrected chi connectivity index (χ4v) is 9.07. The summed E-state index contributed by atoms with van der Waals surface area (Å²) in [6.45, 7) is 8.34. The van der Waals surface area contributed by atoms with Crippen molar-refractivity contribution in [3.8, 4) is 28.0 Å². The van der Waals surface area contributed by atoms with Gasteiger partial charge in [-0.05, 0) is 67.9 Å². The number of carboxylic acids is 1. The van der Waals surface area contributed by atoms with E-state index in [4.69, 9.17) is 32.7 Å². The van der Waals surface area contributed by atoms with Crippen molar-refractivity contribution >= 4 is 40.7 Å². The van der Waals surface area contributed by atoms with E-state index in [0.29, 0.717) is 35.1 Å². The number of aliphatic carboxylic acids is 1. The minimum absolute atomic E-state index is 0.110. The van der Waals surface area contributed by atoms with Crippen molar-refractivity contribution in [2.75, 3.05) is 33.9 Å². The molecule has 2 heterocycles. The first kappa shape index (κ1) is 36.3. The minimum Gasteiger partial charge on any atom is -0.496 e. The fraction of sp³-hybridized carbons (Fsp3) is 0.381. The predicted molar refractivity (Wildman–Crippen MR) is 207 cm³/mol. The molecule has 8 nitrogen and oxygen atoms in total. The molecule has 7 rings (SSSR count). The topological polar surface area (TPSA) is 100 Å². The third-order valence-corrected chi connectivity index (χ3v) is 12.0. The molecule has 0 radical (unpaired) electrons. The summed E-state index contributed by atoms with van der Waals surface area (Å²) >= 11 is 14.4. The molecule has 1 amide bonds. The number of carbonyl (C=O) groups excluding carboxylic acids is 1.